The van der Waals surface area contributed by atoms with Crippen LogP contribution in [0.2, 0.25) is 0 Å². The molecule has 0 radical (unpaired) electrons. The van der Waals surface area contributed by atoms with Gasteiger partial charge in [0, 0.05) is 19.6 Å². The molecule has 7 nitrogen and oxygen atoms in total. The van der Waals surface area contributed by atoms with Gasteiger partial charge in [-0.1, -0.05) is 0 Å². The lowest BCUT2D eigenvalue weighted by atomic mass is 10.2. The Morgan fingerprint density at radius 3 is 2.48 bits per heavy atom. The van der Waals surface area contributed by atoms with Gasteiger partial charge < -0.3 is 15.2 Å². The molecule has 8 heteroatoms. The minimum absolute atomic E-state index is 0.0274. The lowest BCUT2D eigenvalue weighted by molar-refractivity contribution is 0.0600. The summed E-state index contributed by atoms with van der Waals surface area (Å²) in [6.45, 7) is 1.89. The van der Waals surface area contributed by atoms with Crippen LogP contribution in [0.25, 0.3) is 0 Å². The number of nitrogens with zero attached hydrogens (tertiary/aromatic N) is 1. The number of methoxy groups -OCH3 is 2. The van der Waals surface area contributed by atoms with Crippen LogP contribution < -0.4 is 10.5 Å². The van der Waals surface area contributed by atoms with E-state index in [-0.39, 0.29) is 28.8 Å². The van der Waals surface area contributed by atoms with E-state index in [1.807, 2.05) is 0 Å². The van der Waals surface area contributed by atoms with Gasteiger partial charge in [-0.15, -0.1) is 0 Å². The number of esters is 1. The molecule has 0 saturated heterocycles. The maximum atomic E-state index is 12.5. The third-order valence-electron chi connectivity index (χ3n) is 3.20. The summed E-state index contributed by atoms with van der Waals surface area (Å²) in [6, 6.07) is 3.67. The smallest absolute Gasteiger partial charge is 0.337 e. The summed E-state index contributed by atoms with van der Waals surface area (Å²) in [7, 11) is 0.260. The van der Waals surface area contributed by atoms with Crippen molar-refractivity contribution in [2.24, 2.45) is 5.73 Å². The number of ether oxygens (including phenoxy) is 2. The molecule has 0 heterocycles. The fraction of sp³-hybridized carbons (Fsp3) is 0.462. The monoisotopic (exact) mass is 316 g/mol. The highest BCUT2D eigenvalue weighted by Gasteiger charge is 2.28. The zero-order valence-corrected chi connectivity index (χ0v) is 13.3. The van der Waals surface area contributed by atoms with Crippen LogP contribution in [0.5, 0.6) is 5.75 Å². The van der Waals surface area contributed by atoms with Crippen molar-refractivity contribution in [1.29, 1.82) is 0 Å². The lowest BCUT2D eigenvalue weighted by Gasteiger charge is -2.24. The third-order valence-corrected chi connectivity index (χ3v) is 5.21. The van der Waals surface area contributed by atoms with Crippen molar-refractivity contribution < 1.29 is 22.7 Å². The molecule has 0 saturated carbocycles. The first-order chi connectivity index (χ1) is 9.79. The molecule has 1 aromatic rings. The maximum absolute atomic E-state index is 12.5. The van der Waals surface area contributed by atoms with E-state index >= 15 is 0 Å². The molecule has 0 aromatic heterocycles. The van der Waals surface area contributed by atoms with E-state index in [1.165, 1.54) is 43.8 Å². The van der Waals surface area contributed by atoms with Crippen LogP contribution in [0.15, 0.2) is 23.1 Å². The quantitative estimate of drug-likeness (QED) is 0.765. The van der Waals surface area contributed by atoms with Crippen molar-refractivity contribution in [1.82, 2.24) is 4.31 Å². The van der Waals surface area contributed by atoms with Gasteiger partial charge in [-0.25, -0.2) is 13.2 Å². The normalized spacial score (nSPS) is 13.0. The Balaban J connectivity index is 3.33. The Labute approximate surface area is 124 Å². The van der Waals surface area contributed by atoms with Crippen LogP contribution in [-0.2, 0) is 14.8 Å². The second-order valence-corrected chi connectivity index (χ2v) is 6.43. The van der Waals surface area contributed by atoms with E-state index in [4.69, 9.17) is 10.5 Å². The van der Waals surface area contributed by atoms with Crippen molar-refractivity contribution in [2.75, 3.05) is 27.8 Å². The molecule has 21 heavy (non-hydrogen) atoms. The lowest BCUT2D eigenvalue weighted by Crippen LogP contribution is -2.39. The van der Waals surface area contributed by atoms with E-state index in [1.54, 1.807) is 6.92 Å². The zero-order valence-electron chi connectivity index (χ0n) is 12.5. The summed E-state index contributed by atoms with van der Waals surface area (Å²) in [6.07, 6.45) is 0. The first kappa shape index (κ1) is 17.4. The molecular formula is C13H20N2O5S. The minimum Gasteiger partial charge on any atom is -0.495 e. The molecule has 118 valence electrons. The Kier molecular flexibility index (Phi) is 5.70. The van der Waals surface area contributed by atoms with Gasteiger partial charge in [-0.2, -0.15) is 4.31 Å². The summed E-state index contributed by atoms with van der Waals surface area (Å²) >= 11 is 0. The predicted molar refractivity (Wildman–Crippen MR) is 77.8 cm³/mol. The van der Waals surface area contributed by atoms with E-state index in [0.717, 1.165) is 0 Å². The summed E-state index contributed by atoms with van der Waals surface area (Å²) < 4.78 is 35.9. The van der Waals surface area contributed by atoms with E-state index in [2.05, 4.69) is 4.74 Å². The van der Waals surface area contributed by atoms with Crippen LogP contribution in [0.4, 0.5) is 0 Å². The summed E-state index contributed by atoms with van der Waals surface area (Å²) in [5.41, 5.74) is 5.71. The Morgan fingerprint density at radius 2 is 2.00 bits per heavy atom. The molecule has 1 unspecified atom stereocenters. The average molecular weight is 316 g/mol. The highest BCUT2D eigenvalue weighted by molar-refractivity contribution is 7.89. The number of hydrogen-bond acceptors (Lipinski definition) is 6. The van der Waals surface area contributed by atoms with Crippen molar-refractivity contribution in [3.05, 3.63) is 23.8 Å². The summed E-state index contributed by atoms with van der Waals surface area (Å²) in [5.74, 6) is -0.491. The Morgan fingerprint density at radius 1 is 1.38 bits per heavy atom. The fourth-order valence-electron chi connectivity index (χ4n) is 1.67. The van der Waals surface area contributed by atoms with Crippen LogP contribution in [0, 0.1) is 0 Å². The van der Waals surface area contributed by atoms with Gasteiger partial charge in [0.1, 0.15) is 10.6 Å². The van der Waals surface area contributed by atoms with Crippen molar-refractivity contribution in [3.8, 4) is 5.75 Å². The van der Waals surface area contributed by atoms with E-state index in [9.17, 15) is 13.2 Å². The topological polar surface area (TPSA) is 98.9 Å². The largest absolute Gasteiger partial charge is 0.495 e. The van der Waals surface area contributed by atoms with Crippen LogP contribution in [0.1, 0.15) is 17.3 Å². The minimum atomic E-state index is -3.77. The van der Waals surface area contributed by atoms with Crippen LogP contribution in [0.3, 0.4) is 0 Å². The van der Waals surface area contributed by atoms with E-state index in [0.29, 0.717) is 0 Å². The highest BCUT2D eigenvalue weighted by Crippen LogP contribution is 2.28. The molecule has 0 bridgehead atoms. The van der Waals surface area contributed by atoms with Gasteiger partial charge >= 0.3 is 5.97 Å². The van der Waals surface area contributed by atoms with Crippen molar-refractivity contribution >= 4 is 16.0 Å². The molecule has 0 aliphatic carbocycles. The number of sulfonamides is 1. The second kappa shape index (κ2) is 6.88. The molecule has 0 fully saturated rings. The van der Waals surface area contributed by atoms with Gasteiger partial charge in [-0.3, -0.25) is 0 Å². The number of hydrogen-bond donors (Lipinski definition) is 1. The highest BCUT2D eigenvalue weighted by atomic mass is 32.2. The SMILES string of the molecule is COC(=O)c1ccc(S(=O)(=O)N(C)C(C)CN)c(OC)c1. The Bertz CT molecular complexity index is 615. The predicted octanol–water partition coefficient (Wildman–Crippen LogP) is 0.450. The molecule has 1 atom stereocenters. The first-order valence-corrected chi connectivity index (χ1v) is 7.68. The van der Waals surface area contributed by atoms with Crippen LogP contribution >= 0.6 is 0 Å². The van der Waals surface area contributed by atoms with Crippen molar-refractivity contribution in [3.63, 3.8) is 0 Å². The average Bonchev–Trinajstić information content (AvgIpc) is 2.51. The molecule has 1 aromatic carbocycles. The number of benzene rings is 1. The first-order valence-electron chi connectivity index (χ1n) is 6.24. The fourth-order valence-corrected chi connectivity index (χ4v) is 3.17. The number of carbonyl (C=O) groups excluding carboxylic acids is 1. The number of carbonyl (C=O) groups is 1. The standard InChI is InChI=1S/C13H20N2O5S/c1-9(8-14)15(2)21(17,18)12-6-5-10(13(16)20-4)7-11(12)19-3/h5-7,9H,8,14H2,1-4H3. The number of likely N-dealkylation sites (N-methyl/N-ethyl adjacent to an activating group) is 1. The molecule has 0 aliphatic rings. The molecule has 1 rings (SSSR count). The van der Waals surface area contributed by atoms with Crippen molar-refractivity contribution in [2.45, 2.75) is 17.9 Å². The van der Waals surface area contributed by atoms with E-state index < -0.39 is 16.0 Å². The summed E-state index contributed by atoms with van der Waals surface area (Å²) in [4.78, 5) is 11.4. The van der Waals surface area contributed by atoms with Gasteiger partial charge in [0.2, 0.25) is 10.0 Å². The Hall–Kier alpha value is -1.64. The van der Waals surface area contributed by atoms with Crippen LogP contribution in [-0.4, -0.2) is 52.5 Å². The number of rotatable bonds is 6. The molecule has 2 N–H and O–H groups in total. The zero-order chi connectivity index (χ0) is 16.2. The second-order valence-electron chi connectivity index (χ2n) is 4.46. The number of nitrogens with two attached hydrogens (primary N) is 1. The molecule has 0 spiro atoms. The van der Waals surface area contributed by atoms with Gasteiger partial charge in [0.05, 0.1) is 19.8 Å². The van der Waals surface area contributed by atoms with Gasteiger partial charge in [0.25, 0.3) is 0 Å². The maximum Gasteiger partial charge on any atom is 0.337 e. The van der Waals surface area contributed by atoms with Gasteiger partial charge in [0.15, 0.2) is 0 Å². The molecule has 0 amide bonds. The molecular weight excluding hydrogens is 296 g/mol. The summed E-state index contributed by atoms with van der Waals surface area (Å²) in [5, 5.41) is 0. The molecule has 0 aliphatic heterocycles. The third kappa shape index (κ3) is 3.52. The van der Waals surface area contributed by atoms with Gasteiger partial charge in [-0.05, 0) is 25.1 Å².